The SMILES string of the molecule is COC1CC(N(c2ccccc2)c2ncc3c(=O)c(C(N)=O)c(N)n(CCO)c3n2)CCN1. The van der Waals surface area contributed by atoms with Gasteiger partial charge < -0.3 is 30.8 Å². The Kier molecular flexibility index (Phi) is 6.54. The molecule has 0 aliphatic carbocycles. The minimum atomic E-state index is -0.943. The molecule has 1 amide bonds. The number of piperidine rings is 1. The molecule has 1 aliphatic heterocycles. The molecule has 0 saturated carbocycles. The lowest BCUT2D eigenvalue weighted by molar-refractivity contribution is 0.0461. The number of methoxy groups -OCH3 is 1. The summed E-state index contributed by atoms with van der Waals surface area (Å²) in [6.45, 7) is 0.514. The van der Waals surface area contributed by atoms with Crippen LogP contribution in [0.25, 0.3) is 11.0 Å². The number of para-hydroxylation sites is 1. The molecule has 0 bridgehead atoms. The number of aliphatic hydroxyl groups is 1. The third-order valence-electron chi connectivity index (χ3n) is 5.84. The van der Waals surface area contributed by atoms with Gasteiger partial charge in [-0.25, -0.2) is 4.98 Å². The van der Waals surface area contributed by atoms with Gasteiger partial charge in [0.2, 0.25) is 11.4 Å². The maximum atomic E-state index is 12.9. The quantitative estimate of drug-likeness (QED) is 0.395. The van der Waals surface area contributed by atoms with Crippen LogP contribution in [-0.4, -0.2) is 58.1 Å². The highest BCUT2D eigenvalue weighted by molar-refractivity contribution is 6.00. The number of carbonyl (C=O) groups is 1. The number of benzene rings is 1. The second-order valence-electron chi connectivity index (χ2n) is 7.80. The van der Waals surface area contributed by atoms with E-state index in [0.29, 0.717) is 12.4 Å². The summed E-state index contributed by atoms with van der Waals surface area (Å²) in [4.78, 5) is 36.0. The number of hydrogen-bond donors (Lipinski definition) is 4. The van der Waals surface area contributed by atoms with Crippen molar-refractivity contribution in [3.8, 4) is 0 Å². The van der Waals surface area contributed by atoms with Crippen molar-refractivity contribution in [3.63, 3.8) is 0 Å². The monoisotopic (exact) mass is 453 g/mol. The Morgan fingerprint density at radius 3 is 2.79 bits per heavy atom. The molecule has 1 saturated heterocycles. The second-order valence-corrected chi connectivity index (χ2v) is 7.80. The van der Waals surface area contributed by atoms with Gasteiger partial charge in [-0.1, -0.05) is 18.2 Å². The van der Waals surface area contributed by atoms with E-state index in [2.05, 4.69) is 10.3 Å². The molecule has 3 heterocycles. The second kappa shape index (κ2) is 9.53. The summed E-state index contributed by atoms with van der Waals surface area (Å²) in [6, 6.07) is 9.73. The number of hydrogen-bond acceptors (Lipinski definition) is 9. The van der Waals surface area contributed by atoms with Crippen LogP contribution in [0.4, 0.5) is 17.5 Å². The molecule has 2 atom stereocenters. The van der Waals surface area contributed by atoms with Crippen LogP contribution >= 0.6 is 0 Å². The molecule has 0 spiro atoms. The van der Waals surface area contributed by atoms with Gasteiger partial charge in [0.25, 0.3) is 5.91 Å². The van der Waals surface area contributed by atoms with E-state index < -0.39 is 11.3 Å². The summed E-state index contributed by atoms with van der Waals surface area (Å²) in [7, 11) is 1.66. The largest absolute Gasteiger partial charge is 0.395 e. The van der Waals surface area contributed by atoms with Crippen molar-refractivity contribution in [2.75, 3.05) is 30.9 Å². The first-order valence-electron chi connectivity index (χ1n) is 10.7. The lowest BCUT2D eigenvalue weighted by atomic mass is 10.0. The molecule has 6 N–H and O–H groups in total. The van der Waals surface area contributed by atoms with Gasteiger partial charge in [-0.05, 0) is 25.1 Å². The molecule has 1 aliphatic rings. The Hall–Kier alpha value is -3.54. The maximum absolute atomic E-state index is 12.9. The molecule has 3 aromatic rings. The van der Waals surface area contributed by atoms with Crippen molar-refractivity contribution in [2.24, 2.45) is 5.73 Å². The summed E-state index contributed by atoms with van der Waals surface area (Å²) < 4.78 is 6.94. The Balaban J connectivity index is 1.92. The van der Waals surface area contributed by atoms with E-state index in [0.717, 1.165) is 18.7 Å². The van der Waals surface area contributed by atoms with Crippen LogP contribution < -0.4 is 27.1 Å². The van der Waals surface area contributed by atoms with Gasteiger partial charge >= 0.3 is 0 Å². The predicted molar refractivity (Wildman–Crippen MR) is 124 cm³/mol. The van der Waals surface area contributed by atoms with E-state index in [1.807, 2.05) is 35.2 Å². The summed E-state index contributed by atoms with van der Waals surface area (Å²) >= 11 is 0. The molecule has 4 rings (SSSR count). The van der Waals surface area contributed by atoms with Crippen LogP contribution in [0.2, 0.25) is 0 Å². The number of nitrogen functional groups attached to an aromatic ring is 1. The summed E-state index contributed by atoms with van der Waals surface area (Å²) in [6.07, 6.45) is 2.78. The standard InChI is InChI=1S/C22H27N7O4/c1-33-16-11-14(7-8-25-16)29(13-5-3-2-4-6-13)22-26-12-15-18(31)17(20(24)32)19(23)28(9-10-30)21(15)27-22/h2-6,12,14,16,25,30H,7-11,23H2,1H3,(H2,24,32). The fourth-order valence-corrected chi connectivity index (χ4v) is 4.26. The first kappa shape index (κ1) is 22.6. The normalized spacial score (nSPS) is 18.4. The molecule has 33 heavy (non-hydrogen) atoms. The Labute approximate surface area is 190 Å². The fourth-order valence-electron chi connectivity index (χ4n) is 4.26. The highest BCUT2D eigenvalue weighted by Gasteiger charge is 2.30. The molecule has 1 fully saturated rings. The number of aliphatic hydroxyl groups excluding tert-OH is 1. The van der Waals surface area contributed by atoms with Crippen LogP contribution in [-0.2, 0) is 11.3 Å². The molecular weight excluding hydrogens is 426 g/mol. The third-order valence-corrected chi connectivity index (χ3v) is 5.84. The van der Waals surface area contributed by atoms with Crippen molar-refractivity contribution in [2.45, 2.75) is 31.7 Å². The zero-order valence-electron chi connectivity index (χ0n) is 18.3. The van der Waals surface area contributed by atoms with E-state index in [1.54, 1.807) is 7.11 Å². The number of anilines is 3. The highest BCUT2D eigenvalue weighted by Crippen LogP contribution is 2.30. The third kappa shape index (κ3) is 4.25. The highest BCUT2D eigenvalue weighted by atomic mass is 16.5. The number of aromatic nitrogens is 3. The van der Waals surface area contributed by atoms with Crippen LogP contribution in [0.15, 0.2) is 41.3 Å². The van der Waals surface area contributed by atoms with Gasteiger partial charge in [0.1, 0.15) is 17.6 Å². The van der Waals surface area contributed by atoms with Crippen LogP contribution in [0.5, 0.6) is 0 Å². The van der Waals surface area contributed by atoms with Crippen LogP contribution in [0, 0.1) is 0 Å². The van der Waals surface area contributed by atoms with Crippen molar-refractivity contribution in [1.29, 1.82) is 0 Å². The molecule has 11 nitrogen and oxygen atoms in total. The first-order valence-corrected chi connectivity index (χ1v) is 10.7. The lowest BCUT2D eigenvalue weighted by Crippen LogP contribution is -2.47. The fraction of sp³-hybridized carbons (Fsp3) is 0.364. The Morgan fingerprint density at radius 1 is 1.36 bits per heavy atom. The number of ether oxygens (including phenoxy) is 1. The van der Waals surface area contributed by atoms with Gasteiger partial charge in [-0.15, -0.1) is 0 Å². The van der Waals surface area contributed by atoms with Crippen LogP contribution in [0.1, 0.15) is 23.2 Å². The topological polar surface area (TPSA) is 162 Å². The molecule has 11 heteroatoms. The number of pyridine rings is 1. The average Bonchev–Trinajstić information content (AvgIpc) is 2.82. The zero-order chi connectivity index (χ0) is 23.5. The number of rotatable bonds is 7. The van der Waals surface area contributed by atoms with Gasteiger partial charge in [-0.2, -0.15) is 4.98 Å². The van der Waals surface area contributed by atoms with Crippen molar-refractivity contribution in [1.82, 2.24) is 19.9 Å². The number of amides is 1. The van der Waals surface area contributed by atoms with E-state index >= 15 is 0 Å². The van der Waals surface area contributed by atoms with Crippen molar-refractivity contribution >= 4 is 34.4 Å². The lowest BCUT2D eigenvalue weighted by Gasteiger charge is -2.37. The number of nitrogens with one attached hydrogen (secondary N) is 1. The van der Waals surface area contributed by atoms with E-state index in [9.17, 15) is 14.7 Å². The van der Waals surface area contributed by atoms with E-state index in [-0.39, 0.29) is 47.8 Å². The molecular formula is C22H27N7O4. The number of nitrogens with two attached hydrogens (primary N) is 2. The summed E-state index contributed by atoms with van der Waals surface area (Å²) in [5.41, 5.74) is 11.6. The van der Waals surface area contributed by atoms with Crippen molar-refractivity contribution in [3.05, 3.63) is 52.3 Å². The van der Waals surface area contributed by atoms with E-state index in [1.165, 1.54) is 10.8 Å². The summed E-state index contributed by atoms with van der Waals surface area (Å²) in [5.74, 6) is -0.708. The average molecular weight is 454 g/mol. The number of nitrogens with zero attached hydrogens (tertiary/aromatic N) is 4. The number of fused-ring (bicyclic) bond motifs is 1. The molecule has 0 radical (unpaired) electrons. The molecule has 2 unspecified atom stereocenters. The van der Waals surface area contributed by atoms with Crippen molar-refractivity contribution < 1.29 is 14.6 Å². The maximum Gasteiger partial charge on any atom is 0.256 e. The van der Waals surface area contributed by atoms with Gasteiger partial charge in [0.15, 0.2) is 5.65 Å². The Bertz CT molecular complexity index is 1210. The zero-order valence-corrected chi connectivity index (χ0v) is 18.3. The number of carbonyl (C=O) groups excluding carboxylic acids is 1. The van der Waals surface area contributed by atoms with Crippen LogP contribution in [0.3, 0.4) is 0 Å². The minimum absolute atomic E-state index is 0.0244. The minimum Gasteiger partial charge on any atom is -0.395 e. The number of primary amides is 1. The van der Waals surface area contributed by atoms with Gasteiger partial charge in [-0.3, -0.25) is 14.9 Å². The predicted octanol–water partition coefficient (Wildman–Crippen LogP) is 0.328. The Morgan fingerprint density at radius 2 is 2.12 bits per heavy atom. The van der Waals surface area contributed by atoms with Gasteiger partial charge in [0.05, 0.1) is 12.0 Å². The molecule has 1 aromatic carbocycles. The van der Waals surface area contributed by atoms with Gasteiger partial charge in [0, 0.05) is 38.0 Å². The molecule has 174 valence electrons. The first-order chi connectivity index (χ1) is 16.0. The van der Waals surface area contributed by atoms with E-state index in [4.69, 9.17) is 21.2 Å². The summed E-state index contributed by atoms with van der Waals surface area (Å²) in [5, 5.41) is 13.0. The smallest absolute Gasteiger partial charge is 0.256 e. The molecule has 2 aromatic heterocycles.